The molecule has 0 bridgehead atoms. The summed E-state index contributed by atoms with van der Waals surface area (Å²) in [5, 5.41) is 10.0. The maximum atomic E-state index is 13.1. The van der Waals surface area contributed by atoms with E-state index in [-0.39, 0.29) is 18.8 Å². The Morgan fingerprint density at radius 2 is 1.88 bits per heavy atom. The van der Waals surface area contributed by atoms with Crippen molar-refractivity contribution in [3.8, 4) is 0 Å². The molecule has 1 fully saturated rings. The first-order valence-corrected chi connectivity index (χ1v) is 9.08. The summed E-state index contributed by atoms with van der Waals surface area (Å²) in [6, 6.07) is 4.39. The maximum Gasteiger partial charge on any atom is 0.417 e. The van der Waals surface area contributed by atoms with Gasteiger partial charge < -0.3 is 10.0 Å². The van der Waals surface area contributed by atoms with Crippen LogP contribution in [0.15, 0.2) is 24.3 Å². The maximum absolute atomic E-state index is 13.1. The second kappa shape index (κ2) is 6.93. The molecular formula is C15H19F3N2O4S. The topological polar surface area (TPSA) is 77.9 Å². The lowest BCUT2D eigenvalue weighted by molar-refractivity contribution is -0.138. The molecule has 1 aromatic carbocycles. The Kier molecular flexibility index (Phi) is 5.45. The van der Waals surface area contributed by atoms with Crippen LogP contribution in [0.3, 0.4) is 0 Å². The van der Waals surface area contributed by atoms with E-state index in [0.29, 0.717) is 0 Å². The summed E-state index contributed by atoms with van der Waals surface area (Å²) in [5.41, 5.74) is -1.57. The highest BCUT2D eigenvalue weighted by Crippen LogP contribution is 2.33. The quantitative estimate of drug-likeness (QED) is 0.846. The van der Waals surface area contributed by atoms with E-state index in [1.165, 1.54) is 26.2 Å². The number of sulfonamides is 1. The number of β-amino-alcohol motifs (C(OH)–C–C–N with tert-alkyl or cyclic N) is 1. The van der Waals surface area contributed by atoms with Gasteiger partial charge in [-0.1, -0.05) is 12.1 Å². The van der Waals surface area contributed by atoms with Gasteiger partial charge >= 0.3 is 6.18 Å². The van der Waals surface area contributed by atoms with Gasteiger partial charge in [0.1, 0.15) is 0 Å². The minimum Gasteiger partial charge on any atom is -0.391 e. The van der Waals surface area contributed by atoms with Crippen molar-refractivity contribution in [3.05, 3.63) is 35.4 Å². The van der Waals surface area contributed by atoms with Crippen molar-refractivity contribution < 1.29 is 31.5 Å². The molecule has 25 heavy (non-hydrogen) atoms. The molecule has 140 valence electrons. The normalized spacial score (nSPS) is 21.8. The van der Waals surface area contributed by atoms with Crippen molar-refractivity contribution in [2.75, 3.05) is 32.9 Å². The number of halogens is 3. The first-order chi connectivity index (χ1) is 11.4. The molecule has 2 unspecified atom stereocenters. The molecule has 0 saturated carbocycles. The highest BCUT2D eigenvalue weighted by atomic mass is 32.2. The smallest absolute Gasteiger partial charge is 0.391 e. The Labute approximate surface area is 143 Å². The fraction of sp³-hybridized carbons (Fsp3) is 0.533. The average molecular weight is 380 g/mol. The monoisotopic (exact) mass is 380 g/mol. The Bertz CT molecular complexity index is 749. The largest absolute Gasteiger partial charge is 0.417 e. The van der Waals surface area contributed by atoms with Crippen molar-refractivity contribution in [3.63, 3.8) is 0 Å². The molecule has 1 N–H and O–H groups in total. The molecule has 1 saturated heterocycles. The predicted octanol–water partition coefficient (Wildman–Crippen LogP) is 1.03. The van der Waals surface area contributed by atoms with Crippen LogP contribution in [0.2, 0.25) is 0 Å². The third-order valence-corrected chi connectivity index (χ3v) is 6.10. The van der Waals surface area contributed by atoms with Crippen molar-refractivity contribution >= 4 is 15.9 Å². The van der Waals surface area contributed by atoms with Crippen LogP contribution in [0.1, 0.15) is 15.9 Å². The van der Waals surface area contributed by atoms with E-state index < -0.39 is 45.3 Å². The number of rotatable bonds is 4. The number of benzene rings is 1. The van der Waals surface area contributed by atoms with Crippen LogP contribution in [0.4, 0.5) is 13.2 Å². The van der Waals surface area contributed by atoms with Crippen molar-refractivity contribution in [2.24, 2.45) is 5.92 Å². The number of likely N-dealkylation sites (tertiary alicyclic amines) is 1. The number of amides is 1. The van der Waals surface area contributed by atoms with E-state index in [0.717, 1.165) is 21.3 Å². The zero-order valence-electron chi connectivity index (χ0n) is 13.7. The standard InChI is InChI=1S/C15H19F3N2O4S/c1-19(2)25(23,24)9-10-7-20(8-13(10)21)14(22)11-5-3-4-6-12(11)15(16,17)18/h3-6,10,13,21H,7-9H2,1-2H3. The average Bonchev–Trinajstić information content (AvgIpc) is 2.86. The fourth-order valence-electron chi connectivity index (χ4n) is 2.69. The molecule has 0 aromatic heterocycles. The molecule has 1 amide bonds. The molecular weight excluding hydrogens is 361 g/mol. The number of aliphatic hydroxyl groups is 1. The van der Waals surface area contributed by atoms with E-state index in [1.54, 1.807) is 0 Å². The van der Waals surface area contributed by atoms with Gasteiger partial charge in [-0.3, -0.25) is 4.79 Å². The molecule has 1 aliphatic heterocycles. The summed E-state index contributed by atoms with van der Waals surface area (Å²) in [6.07, 6.45) is -5.80. The van der Waals surface area contributed by atoms with Gasteiger partial charge in [-0.2, -0.15) is 13.2 Å². The number of nitrogens with zero attached hydrogens (tertiary/aromatic N) is 2. The lowest BCUT2D eigenvalue weighted by atomic mass is 10.1. The summed E-state index contributed by atoms with van der Waals surface area (Å²) in [6.45, 7) is -0.335. The number of aliphatic hydroxyl groups excluding tert-OH is 1. The Morgan fingerprint density at radius 1 is 1.28 bits per heavy atom. The summed E-state index contributed by atoms with van der Waals surface area (Å²) in [7, 11) is -0.912. The molecule has 2 rings (SSSR count). The zero-order valence-corrected chi connectivity index (χ0v) is 14.5. The minimum atomic E-state index is -4.68. The summed E-state index contributed by atoms with van der Waals surface area (Å²) in [4.78, 5) is 13.5. The number of alkyl halides is 3. The molecule has 1 aliphatic rings. The van der Waals surface area contributed by atoms with Crippen LogP contribution in [-0.4, -0.2) is 67.7 Å². The molecule has 10 heteroatoms. The fourth-order valence-corrected chi connectivity index (χ4v) is 3.86. The van der Waals surface area contributed by atoms with Crippen LogP contribution < -0.4 is 0 Å². The first kappa shape index (κ1) is 19.7. The first-order valence-electron chi connectivity index (χ1n) is 7.47. The third-order valence-electron chi connectivity index (χ3n) is 4.14. The van der Waals surface area contributed by atoms with Crippen LogP contribution in [0.25, 0.3) is 0 Å². The van der Waals surface area contributed by atoms with Crippen LogP contribution in [0, 0.1) is 5.92 Å². The van der Waals surface area contributed by atoms with Crippen molar-refractivity contribution in [2.45, 2.75) is 12.3 Å². The highest BCUT2D eigenvalue weighted by molar-refractivity contribution is 7.89. The highest BCUT2D eigenvalue weighted by Gasteiger charge is 2.40. The van der Waals surface area contributed by atoms with Gasteiger partial charge in [0.25, 0.3) is 5.91 Å². The molecule has 6 nitrogen and oxygen atoms in total. The van der Waals surface area contributed by atoms with Crippen molar-refractivity contribution in [1.29, 1.82) is 0 Å². The van der Waals surface area contributed by atoms with Gasteiger partial charge in [-0.05, 0) is 12.1 Å². The molecule has 0 radical (unpaired) electrons. The number of hydrogen-bond donors (Lipinski definition) is 1. The number of hydrogen-bond acceptors (Lipinski definition) is 4. The van der Waals surface area contributed by atoms with Gasteiger partial charge in [0, 0.05) is 33.1 Å². The lowest BCUT2D eigenvalue weighted by Gasteiger charge is -2.19. The van der Waals surface area contributed by atoms with E-state index in [4.69, 9.17) is 0 Å². The molecule has 0 spiro atoms. The van der Waals surface area contributed by atoms with E-state index in [9.17, 15) is 31.5 Å². The van der Waals surface area contributed by atoms with Crippen molar-refractivity contribution in [1.82, 2.24) is 9.21 Å². The minimum absolute atomic E-state index is 0.126. The molecule has 1 heterocycles. The van der Waals surface area contributed by atoms with Crippen LogP contribution in [-0.2, 0) is 16.2 Å². The second-order valence-corrected chi connectivity index (χ2v) is 8.37. The van der Waals surface area contributed by atoms with Gasteiger partial charge in [0.05, 0.1) is 23.0 Å². The van der Waals surface area contributed by atoms with Gasteiger partial charge in [-0.15, -0.1) is 0 Å². The molecule has 0 aliphatic carbocycles. The Balaban J connectivity index is 2.21. The van der Waals surface area contributed by atoms with Crippen LogP contribution >= 0.6 is 0 Å². The third kappa shape index (κ3) is 4.31. The molecule has 2 atom stereocenters. The summed E-state index contributed by atoms with van der Waals surface area (Å²) in [5.74, 6) is -2.02. The van der Waals surface area contributed by atoms with Gasteiger partial charge in [0.2, 0.25) is 10.0 Å². The Morgan fingerprint density at radius 3 is 2.44 bits per heavy atom. The summed E-state index contributed by atoms with van der Waals surface area (Å²) < 4.78 is 64.0. The zero-order chi connectivity index (χ0) is 19.0. The predicted molar refractivity (Wildman–Crippen MR) is 84.3 cm³/mol. The molecule has 1 aromatic rings. The second-order valence-electron chi connectivity index (χ2n) is 6.14. The van der Waals surface area contributed by atoms with Gasteiger partial charge in [0.15, 0.2) is 0 Å². The van der Waals surface area contributed by atoms with Gasteiger partial charge in [-0.25, -0.2) is 12.7 Å². The lowest BCUT2D eigenvalue weighted by Crippen LogP contribution is -2.34. The Hall–Kier alpha value is -1.65. The number of carbonyl (C=O) groups excluding carboxylic acids is 1. The number of carbonyl (C=O) groups is 1. The SMILES string of the molecule is CN(C)S(=O)(=O)CC1CN(C(=O)c2ccccc2C(F)(F)F)CC1O. The van der Waals surface area contributed by atoms with E-state index in [1.807, 2.05) is 0 Å². The van der Waals surface area contributed by atoms with Crippen LogP contribution in [0.5, 0.6) is 0 Å². The van der Waals surface area contributed by atoms with E-state index >= 15 is 0 Å². The van der Waals surface area contributed by atoms with E-state index in [2.05, 4.69) is 0 Å². The summed E-state index contributed by atoms with van der Waals surface area (Å²) >= 11 is 0.